The SMILES string of the molecule is Cc1nn(C)c(=O)c(C(=O)N(CCO)CCN2CCOCC2)c1C. The minimum absolute atomic E-state index is 0.139. The molecule has 0 bridgehead atoms. The van der Waals surface area contributed by atoms with Crippen molar-refractivity contribution >= 4 is 5.91 Å². The maximum atomic E-state index is 12.9. The highest BCUT2D eigenvalue weighted by molar-refractivity contribution is 5.95. The monoisotopic (exact) mass is 338 g/mol. The lowest BCUT2D eigenvalue weighted by atomic mass is 10.1. The first-order valence-corrected chi connectivity index (χ1v) is 8.20. The molecule has 2 rings (SSSR count). The van der Waals surface area contributed by atoms with Gasteiger partial charge in [0.05, 0.1) is 25.5 Å². The van der Waals surface area contributed by atoms with Gasteiger partial charge in [-0.05, 0) is 19.4 Å². The number of hydrogen-bond acceptors (Lipinski definition) is 6. The summed E-state index contributed by atoms with van der Waals surface area (Å²) in [4.78, 5) is 29.0. The molecule has 1 amide bonds. The van der Waals surface area contributed by atoms with Crippen molar-refractivity contribution in [2.75, 3.05) is 52.5 Å². The van der Waals surface area contributed by atoms with Gasteiger partial charge >= 0.3 is 0 Å². The topological polar surface area (TPSA) is 87.9 Å². The van der Waals surface area contributed by atoms with E-state index in [1.165, 1.54) is 11.7 Å². The van der Waals surface area contributed by atoms with Gasteiger partial charge in [0.1, 0.15) is 5.56 Å². The van der Waals surface area contributed by atoms with Crippen LogP contribution in [0.25, 0.3) is 0 Å². The number of ether oxygens (including phenoxy) is 1. The van der Waals surface area contributed by atoms with Crippen molar-refractivity contribution in [3.63, 3.8) is 0 Å². The molecular weight excluding hydrogens is 312 g/mol. The van der Waals surface area contributed by atoms with Gasteiger partial charge in [0, 0.05) is 39.8 Å². The minimum atomic E-state index is -0.405. The zero-order valence-corrected chi connectivity index (χ0v) is 14.6. The second kappa shape index (κ2) is 8.36. The number of hydrogen-bond donors (Lipinski definition) is 1. The molecule has 0 spiro atoms. The smallest absolute Gasteiger partial charge is 0.279 e. The van der Waals surface area contributed by atoms with Gasteiger partial charge in [-0.25, -0.2) is 4.68 Å². The minimum Gasteiger partial charge on any atom is -0.395 e. The van der Waals surface area contributed by atoms with Gasteiger partial charge in [0.15, 0.2) is 0 Å². The second-order valence-electron chi connectivity index (χ2n) is 5.98. The van der Waals surface area contributed by atoms with Crippen molar-refractivity contribution in [2.24, 2.45) is 7.05 Å². The molecule has 0 radical (unpaired) electrons. The van der Waals surface area contributed by atoms with Crippen molar-refractivity contribution in [3.8, 4) is 0 Å². The fourth-order valence-electron chi connectivity index (χ4n) is 2.78. The Bertz CT molecular complexity index is 638. The van der Waals surface area contributed by atoms with Crippen LogP contribution in [-0.2, 0) is 11.8 Å². The molecule has 134 valence electrons. The van der Waals surface area contributed by atoms with Gasteiger partial charge in [0.2, 0.25) is 0 Å². The van der Waals surface area contributed by atoms with Crippen molar-refractivity contribution in [2.45, 2.75) is 13.8 Å². The molecule has 8 heteroatoms. The number of amides is 1. The molecule has 8 nitrogen and oxygen atoms in total. The molecular formula is C16H26N4O4. The van der Waals surface area contributed by atoms with E-state index in [2.05, 4.69) is 10.00 Å². The Kier molecular flexibility index (Phi) is 6.47. The third-order valence-corrected chi connectivity index (χ3v) is 4.39. The summed E-state index contributed by atoms with van der Waals surface area (Å²) in [5.74, 6) is -0.346. The van der Waals surface area contributed by atoms with Crippen molar-refractivity contribution < 1.29 is 14.6 Å². The Morgan fingerprint density at radius 2 is 1.96 bits per heavy atom. The third-order valence-electron chi connectivity index (χ3n) is 4.39. The Morgan fingerprint density at radius 3 is 2.58 bits per heavy atom. The summed E-state index contributed by atoms with van der Waals surface area (Å²) in [5.41, 5.74) is 0.979. The van der Waals surface area contributed by atoms with Crippen LogP contribution in [-0.4, -0.2) is 83.1 Å². The van der Waals surface area contributed by atoms with E-state index in [0.717, 1.165) is 13.1 Å². The maximum Gasteiger partial charge on any atom is 0.279 e. The average Bonchev–Trinajstić information content (AvgIpc) is 2.58. The number of aliphatic hydroxyl groups is 1. The van der Waals surface area contributed by atoms with Gasteiger partial charge in [0.25, 0.3) is 11.5 Å². The molecule has 0 atom stereocenters. The number of nitrogens with zero attached hydrogens (tertiary/aromatic N) is 4. The average molecular weight is 338 g/mol. The van der Waals surface area contributed by atoms with Crippen LogP contribution >= 0.6 is 0 Å². The van der Waals surface area contributed by atoms with E-state index < -0.39 is 5.56 Å². The highest BCUT2D eigenvalue weighted by Crippen LogP contribution is 2.10. The van der Waals surface area contributed by atoms with Gasteiger partial charge in [-0.2, -0.15) is 5.10 Å². The summed E-state index contributed by atoms with van der Waals surface area (Å²) in [5, 5.41) is 13.4. The number of rotatable bonds is 6. The quantitative estimate of drug-likeness (QED) is 0.728. The fourth-order valence-corrected chi connectivity index (χ4v) is 2.78. The predicted molar refractivity (Wildman–Crippen MR) is 89.2 cm³/mol. The Balaban J connectivity index is 2.18. The van der Waals surface area contributed by atoms with Crippen LogP contribution < -0.4 is 5.56 Å². The number of aromatic nitrogens is 2. The molecule has 0 unspecified atom stereocenters. The van der Waals surface area contributed by atoms with Crippen LogP contribution in [0.3, 0.4) is 0 Å². The van der Waals surface area contributed by atoms with Gasteiger partial charge in [-0.15, -0.1) is 0 Å². The lowest BCUT2D eigenvalue weighted by Crippen LogP contribution is -2.45. The molecule has 1 saturated heterocycles. The zero-order chi connectivity index (χ0) is 17.7. The van der Waals surface area contributed by atoms with Crippen LogP contribution in [0.4, 0.5) is 0 Å². The van der Waals surface area contributed by atoms with Crippen LogP contribution in [0, 0.1) is 13.8 Å². The van der Waals surface area contributed by atoms with Crippen molar-refractivity contribution in [3.05, 3.63) is 27.2 Å². The molecule has 1 fully saturated rings. The number of morpholine rings is 1. The van der Waals surface area contributed by atoms with E-state index in [1.54, 1.807) is 18.7 Å². The van der Waals surface area contributed by atoms with Crippen LogP contribution in [0.15, 0.2) is 4.79 Å². The maximum absolute atomic E-state index is 12.9. The fraction of sp³-hybridized carbons (Fsp3) is 0.688. The standard InChI is InChI=1S/C16H26N4O4/c1-12-13(2)17-18(3)15(22)14(12)16(23)20(6-9-21)5-4-19-7-10-24-11-8-19/h21H,4-11H2,1-3H3. The highest BCUT2D eigenvalue weighted by atomic mass is 16.5. The molecule has 0 aromatic carbocycles. The van der Waals surface area contributed by atoms with Crippen LogP contribution in [0.5, 0.6) is 0 Å². The molecule has 24 heavy (non-hydrogen) atoms. The van der Waals surface area contributed by atoms with Gasteiger partial charge in [-0.3, -0.25) is 14.5 Å². The van der Waals surface area contributed by atoms with E-state index >= 15 is 0 Å². The zero-order valence-electron chi connectivity index (χ0n) is 14.6. The largest absolute Gasteiger partial charge is 0.395 e. The summed E-state index contributed by atoms with van der Waals surface area (Å²) in [6.07, 6.45) is 0. The molecule has 1 aliphatic heterocycles. The first kappa shape index (κ1) is 18.6. The summed E-state index contributed by atoms with van der Waals surface area (Å²) in [6, 6.07) is 0. The van der Waals surface area contributed by atoms with E-state index in [4.69, 9.17) is 4.74 Å². The molecule has 0 saturated carbocycles. The molecule has 1 aromatic heterocycles. The highest BCUT2D eigenvalue weighted by Gasteiger charge is 2.24. The number of carbonyl (C=O) groups excluding carboxylic acids is 1. The lowest BCUT2D eigenvalue weighted by Gasteiger charge is -2.30. The van der Waals surface area contributed by atoms with E-state index in [1.807, 2.05) is 0 Å². The number of carbonyl (C=O) groups is 1. The Morgan fingerprint density at radius 1 is 1.29 bits per heavy atom. The van der Waals surface area contributed by atoms with Crippen LogP contribution in [0.2, 0.25) is 0 Å². The summed E-state index contributed by atoms with van der Waals surface area (Å²) >= 11 is 0. The Labute approximate surface area is 141 Å². The van der Waals surface area contributed by atoms with Crippen LogP contribution in [0.1, 0.15) is 21.6 Å². The Hall–Kier alpha value is -1.77. The molecule has 0 aliphatic carbocycles. The summed E-state index contributed by atoms with van der Waals surface area (Å²) in [7, 11) is 1.54. The van der Waals surface area contributed by atoms with E-state index in [0.29, 0.717) is 37.6 Å². The van der Waals surface area contributed by atoms with E-state index in [-0.39, 0.29) is 24.6 Å². The number of aliphatic hydroxyl groups excluding tert-OH is 1. The molecule has 1 aromatic rings. The third kappa shape index (κ3) is 4.19. The number of aryl methyl sites for hydroxylation is 2. The second-order valence-corrected chi connectivity index (χ2v) is 5.98. The molecule has 1 N–H and O–H groups in total. The predicted octanol–water partition coefficient (Wildman–Crippen LogP) is -0.836. The first-order valence-electron chi connectivity index (χ1n) is 8.20. The molecule has 2 heterocycles. The van der Waals surface area contributed by atoms with Crippen molar-refractivity contribution in [1.29, 1.82) is 0 Å². The first-order chi connectivity index (χ1) is 11.5. The summed E-state index contributed by atoms with van der Waals surface area (Å²) < 4.78 is 6.50. The normalized spacial score (nSPS) is 15.5. The van der Waals surface area contributed by atoms with E-state index in [9.17, 15) is 14.7 Å². The molecule has 1 aliphatic rings. The lowest BCUT2D eigenvalue weighted by molar-refractivity contribution is 0.0315. The van der Waals surface area contributed by atoms with Crippen molar-refractivity contribution in [1.82, 2.24) is 19.6 Å². The van der Waals surface area contributed by atoms with Gasteiger partial charge < -0.3 is 14.7 Å². The van der Waals surface area contributed by atoms with Gasteiger partial charge in [-0.1, -0.05) is 0 Å². The summed E-state index contributed by atoms with van der Waals surface area (Å²) in [6.45, 7) is 7.76.